The fraction of sp³-hybridized carbons (Fsp3) is 0.286. The van der Waals surface area contributed by atoms with Crippen molar-refractivity contribution >= 4 is 6.03 Å². The monoisotopic (exact) mass is 275 g/mol. The number of H-pyrrole nitrogens is 1. The fourth-order valence-electron chi connectivity index (χ4n) is 1.91. The van der Waals surface area contributed by atoms with Gasteiger partial charge in [-0.2, -0.15) is 0 Å². The van der Waals surface area contributed by atoms with Crippen LogP contribution in [0.2, 0.25) is 0 Å². The van der Waals surface area contributed by atoms with Crippen molar-refractivity contribution in [2.75, 3.05) is 0 Å². The lowest BCUT2D eigenvalue weighted by molar-refractivity contribution is 0.240. The molecular formula is C14H17N3O3. The van der Waals surface area contributed by atoms with Gasteiger partial charge in [0.25, 0.3) is 5.56 Å². The Labute approximate surface area is 116 Å². The summed E-state index contributed by atoms with van der Waals surface area (Å²) in [7, 11) is 0. The molecule has 2 amide bonds. The molecule has 6 nitrogen and oxygen atoms in total. The number of aromatic nitrogens is 1. The largest absolute Gasteiger partial charge is 0.472 e. The van der Waals surface area contributed by atoms with Crippen LogP contribution in [0, 0.1) is 13.8 Å². The topological polar surface area (TPSA) is 87.1 Å². The molecule has 0 atom stereocenters. The highest BCUT2D eigenvalue weighted by atomic mass is 16.3. The van der Waals surface area contributed by atoms with E-state index >= 15 is 0 Å². The van der Waals surface area contributed by atoms with Gasteiger partial charge in [-0.3, -0.25) is 4.79 Å². The number of rotatable bonds is 4. The molecule has 0 spiro atoms. The van der Waals surface area contributed by atoms with Crippen molar-refractivity contribution in [2.24, 2.45) is 0 Å². The summed E-state index contributed by atoms with van der Waals surface area (Å²) >= 11 is 0. The molecule has 2 aromatic heterocycles. The van der Waals surface area contributed by atoms with Crippen molar-refractivity contribution in [3.05, 3.63) is 57.4 Å². The summed E-state index contributed by atoms with van der Waals surface area (Å²) in [4.78, 5) is 26.1. The number of carbonyl (C=O) groups excluding carboxylic acids is 1. The zero-order valence-corrected chi connectivity index (χ0v) is 11.4. The van der Waals surface area contributed by atoms with Crippen molar-refractivity contribution in [3.63, 3.8) is 0 Å². The number of amides is 2. The van der Waals surface area contributed by atoms with Gasteiger partial charge in [-0.25, -0.2) is 4.79 Å². The van der Waals surface area contributed by atoms with Crippen LogP contribution in [0.25, 0.3) is 0 Å². The van der Waals surface area contributed by atoms with E-state index in [9.17, 15) is 9.59 Å². The quantitative estimate of drug-likeness (QED) is 0.791. The SMILES string of the molecule is Cc1cc(C)c(CNC(=O)NCc2ccoc2)c(=O)[nH]1. The van der Waals surface area contributed by atoms with E-state index in [2.05, 4.69) is 15.6 Å². The summed E-state index contributed by atoms with van der Waals surface area (Å²) in [5.41, 5.74) is 2.94. The van der Waals surface area contributed by atoms with E-state index in [0.29, 0.717) is 12.1 Å². The van der Waals surface area contributed by atoms with Gasteiger partial charge in [0, 0.05) is 23.4 Å². The third kappa shape index (κ3) is 3.50. The van der Waals surface area contributed by atoms with Crippen LogP contribution in [0.4, 0.5) is 4.79 Å². The van der Waals surface area contributed by atoms with Gasteiger partial charge in [-0.1, -0.05) is 0 Å². The number of hydrogen-bond donors (Lipinski definition) is 3. The van der Waals surface area contributed by atoms with E-state index < -0.39 is 0 Å². The van der Waals surface area contributed by atoms with E-state index in [1.165, 1.54) is 0 Å². The summed E-state index contributed by atoms with van der Waals surface area (Å²) in [5, 5.41) is 5.35. The molecule has 20 heavy (non-hydrogen) atoms. The van der Waals surface area contributed by atoms with Crippen LogP contribution in [-0.2, 0) is 13.1 Å². The van der Waals surface area contributed by atoms with Gasteiger partial charge in [-0.15, -0.1) is 0 Å². The molecule has 3 N–H and O–H groups in total. The minimum atomic E-state index is -0.328. The number of aryl methyl sites for hydroxylation is 2. The van der Waals surface area contributed by atoms with Gasteiger partial charge in [0.15, 0.2) is 0 Å². The van der Waals surface area contributed by atoms with Crippen LogP contribution in [0.1, 0.15) is 22.4 Å². The Balaban J connectivity index is 1.89. The van der Waals surface area contributed by atoms with Crippen LogP contribution < -0.4 is 16.2 Å². The maximum atomic E-state index is 11.8. The normalized spacial score (nSPS) is 10.3. The second-order valence-corrected chi connectivity index (χ2v) is 4.61. The van der Waals surface area contributed by atoms with Crippen molar-refractivity contribution in [2.45, 2.75) is 26.9 Å². The Morgan fingerprint density at radius 2 is 2.05 bits per heavy atom. The van der Waals surface area contributed by atoms with E-state index in [0.717, 1.165) is 16.8 Å². The summed E-state index contributed by atoms with van der Waals surface area (Å²) < 4.78 is 4.90. The minimum Gasteiger partial charge on any atom is -0.472 e. The first kappa shape index (κ1) is 13.9. The lowest BCUT2D eigenvalue weighted by atomic mass is 10.1. The Bertz CT molecular complexity index is 644. The van der Waals surface area contributed by atoms with Crippen LogP contribution in [0.3, 0.4) is 0 Å². The average Bonchev–Trinajstić information content (AvgIpc) is 2.88. The van der Waals surface area contributed by atoms with Crippen molar-refractivity contribution in [1.29, 1.82) is 0 Å². The van der Waals surface area contributed by atoms with E-state index in [1.807, 2.05) is 19.9 Å². The highest BCUT2D eigenvalue weighted by molar-refractivity contribution is 5.73. The molecule has 0 aliphatic heterocycles. The highest BCUT2D eigenvalue weighted by Gasteiger charge is 2.07. The molecular weight excluding hydrogens is 258 g/mol. The molecule has 2 heterocycles. The number of aromatic amines is 1. The lowest BCUT2D eigenvalue weighted by Gasteiger charge is -2.09. The van der Waals surface area contributed by atoms with Crippen LogP contribution >= 0.6 is 0 Å². The number of urea groups is 1. The maximum absolute atomic E-state index is 11.8. The molecule has 0 aromatic carbocycles. The van der Waals surface area contributed by atoms with Gasteiger partial charge >= 0.3 is 6.03 Å². The first-order chi connectivity index (χ1) is 9.56. The Morgan fingerprint density at radius 3 is 2.70 bits per heavy atom. The molecule has 0 aliphatic rings. The molecule has 0 radical (unpaired) electrons. The molecule has 0 unspecified atom stereocenters. The Kier molecular flexibility index (Phi) is 4.24. The lowest BCUT2D eigenvalue weighted by Crippen LogP contribution is -2.36. The third-order valence-electron chi connectivity index (χ3n) is 2.95. The molecule has 0 saturated carbocycles. The molecule has 0 bridgehead atoms. The van der Waals surface area contributed by atoms with Crippen molar-refractivity contribution < 1.29 is 9.21 Å². The number of carbonyl (C=O) groups is 1. The number of pyridine rings is 1. The summed E-state index contributed by atoms with van der Waals surface area (Å²) in [6.07, 6.45) is 3.11. The zero-order chi connectivity index (χ0) is 14.5. The van der Waals surface area contributed by atoms with Gasteiger partial charge in [0.2, 0.25) is 0 Å². The Morgan fingerprint density at radius 1 is 1.30 bits per heavy atom. The van der Waals surface area contributed by atoms with Gasteiger partial charge in [0.05, 0.1) is 19.1 Å². The van der Waals surface area contributed by atoms with Crippen molar-refractivity contribution in [1.82, 2.24) is 15.6 Å². The average molecular weight is 275 g/mol. The molecule has 6 heteroatoms. The standard InChI is InChI=1S/C14H17N3O3/c1-9-5-10(2)17-13(18)12(9)7-16-14(19)15-6-11-3-4-20-8-11/h3-5,8H,6-7H2,1-2H3,(H,17,18)(H2,15,16,19). The summed E-state index contributed by atoms with van der Waals surface area (Å²) in [6.45, 7) is 4.25. The minimum absolute atomic E-state index is 0.169. The van der Waals surface area contributed by atoms with Crippen LogP contribution in [-0.4, -0.2) is 11.0 Å². The second kappa shape index (κ2) is 6.10. The number of hydrogen-bond acceptors (Lipinski definition) is 3. The second-order valence-electron chi connectivity index (χ2n) is 4.61. The smallest absolute Gasteiger partial charge is 0.315 e. The maximum Gasteiger partial charge on any atom is 0.315 e. The van der Waals surface area contributed by atoms with E-state index in [4.69, 9.17) is 4.42 Å². The predicted molar refractivity (Wildman–Crippen MR) is 74.3 cm³/mol. The molecule has 0 aliphatic carbocycles. The first-order valence-electron chi connectivity index (χ1n) is 6.28. The van der Waals surface area contributed by atoms with Crippen LogP contribution in [0.5, 0.6) is 0 Å². The van der Waals surface area contributed by atoms with Gasteiger partial charge < -0.3 is 20.0 Å². The summed E-state index contributed by atoms with van der Waals surface area (Å²) in [5.74, 6) is 0. The van der Waals surface area contributed by atoms with E-state index in [1.54, 1.807) is 18.6 Å². The number of furan rings is 1. The third-order valence-corrected chi connectivity index (χ3v) is 2.95. The summed E-state index contributed by atoms with van der Waals surface area (Å²) in [6, 6.07) is 3.32. The molecule has 0 saturated heterocycles. The van der Waals surface area contributed by atoms with Crippen LogP contribution in [0.15, 0.2) is 33.9 Å². The van der Waals surface area contributed by atoms with Gasteiger partial charge in [0.1, 0.15) is 0 Å². The number of nitrogens with one attached hydrogen (secondary N) is 3. The highest BCUT2D eigenvalue weighted by Crippen LogP contribution is 2.03. The molecule has 106 valence electrons. The zero-order valence-electron chi connectivity index (χ0n) is 11.4. The van der Waals surface area contributed by atoms with Gasteiger partial charge in [-0.05, 0) is 31.5 Å². The predicted octanol–water partition coefficient (Wildman–Crippen LogP) is 1.58. The Hall–Kier alpha value is -2.50. The molecule has 2 rings (SSSR count). The van der Waals surface area contributed by atoms with E-state index in [-0.39, 0.29) is 18.1 Å². The first-order valence-corrected chi connectivity index (χ1v) is 6.28. The van der Waals surface area contributed by atoms with Crippen molar-refractivity contribution in [3.8, 4) is 0 Å². The molecule has 2 aromatic rings. The fourth-order valence-corrected chi connectivity index (χ4v) is 1.91. The molecule has 0 fully saturated rings.